The highest BCUT2D eigenvalue weighted by molar-refractivity contribution is 5.61. The monoisotopic (exact) mass is 178 g/mol. The molecule has 0 amide bonds. The zero-order chi connectivity index (χ0) is 9.42. The van der Waals surface area contributed by atoms with Gasteiger partial charge in [0, 0.05) is 19.3 Å². The fourth-order valence-electron chi connectivity index (χ4n) is 1.26. The highest BCUT2D eigenvalue weighted by Gasteiger charge is 2.10. The predicted octanol–water partition coefficient (Wildman–Crippen LogP) is 0.966. The molecule has 2 rings (SSSR count). The molecule has 68 valence electrons. The molecule has 2 aromatic rings. The Morgan fingerprint density at radius 3 is 2.77 bits per heavy atom. The van der Waals surface area contributed by atoms with Crippen LogP contribution in [0.4, 0.5) is 5.82 Å². The Hall–Kier alpha value is -1.78. The van der Waals surface area contributed by atoms with Crippen LogP contribution in [-0.4, -0.2) is 14.9 Å². The summed E-state index contributed by atoms with van der Waals surface area (Å²) >= 11 is 0. The van der Waals surface area contributed by atoms with Gasteiger partial charge >= 0.3 is 0 Å². The van der Waals surface area contributed by atoms with Crippen LogP contribution >= 0.6 is 0 Å². The lowest BCUT2D eigenvalue weighted by Crippen LogP contribution is -1.86. The number of anilines is 1. The molecule has 0 bridgehead atoms. The first-order chi connectivity index (χ1) is 6.16. The second kappa shape index (κ2) is 2.62. The van der Waals surface area contributed by atoms with Crippen LogP contribution in [0.1, 0.15) is 5.69 Å². The van der Waals surface area contributed by atoms with Crippen LogP contribution in [-0.2, 0) is 7.05 Å². The van der Waals surface area contributed by atoms with E-state index in [1.54, 1.807) is 10.7 Å². The summed E-state index contributed by atoms with van der Waals surface area (Å²) in [4.78, 5) is 0. The Kier molecular flexibility index (Phi) is 1.58. The van der Waals surface area contributed by atoms with Crippen LogP contribution in [0, 0.1) is 6.92 Å². The highest BCUT2D eigenvalue weighted by atomic mass is 16.5. The predicted molar refractivity (Wildman–Crippen MR) is 47.9 cm³/mol. The molecule has 0 aliphatic heterocycles. The molecule has 0 spiro atoms. The SMILES string of the molecule is Cc1nn(C)cc1-c1cc(N)no1. The number of nitrogens with zero attached hydrogens (tertiary/aromatic N) is 3. The summed E-state index contributed by atoms with van der Waals surface area (Å²) in [6.45, 7) is 1.91. The van der Waals surface area contributed by atoms with Crippen LogP contribution in [0.3, 0.4) is 0 Å². The second-order valence-corrected chi connectivity index (χ2v) is 2.92. The molecule has 0 aliphatic carbocycles. The van der Waals surface area contributed by atoms with Crippen LogP contribution in [0.5, 0.6) is 0 Å². The number of nitrogen functional groups attached to an aromatic ring is 1. The van der Waals surface area contributed by atoms with Crippen LogP contribution < -0.4 is 5.73 Å². The summed E-state index contributed by atoms with van der Waals surface area (Å²) < 4.78 is 6.74. The molecule has 0 unspecified atom stereocenters. The number of hydrogen-bond donors (Lipinski definition) is 1. The lowest BCUT2D eigenvalue weighted by Gasteiger charge is -1.87. The van der Waals surface area contributed by atoms with Gasteiger partial charge in [0.2, 0.25) is 0 Å². The third-order valence-electron chi connectivity index (χ3n) is 1.81. The zero-order valence-electron chi connectivity index (χ0n) is 7.48. The van der Waals surface area contributed by atoms with Gasteiger partial charge < -0.3 is 10.3 Å². The maximum Gasteiger partial charge on any atom is 0.172 e. The molecule has 0 radical (unpaired) electrons. The average Bonchev–Trinajstić information content (AvgIpc) is 2.58. The van der Waals surface area contributed by atoms with Crippen molar-refractivity contribution in [2.45, 2.75) is 6.92 Å². The molecule has 0 saturated carbocycles. The van der Waals surface area contributed by atoms with Crippen LogP contribution in [0.15, 0.2) is 16.8 Å². The Morgan fingerprint density at radius 1 is 1.54 bits per heavy atom. The molecule has 5 heteroatoms. The molecule has 0 fully saturated rings. The summed E-state index contributed by atoms with van der Waals surface area (Å²) in [5, 5.41) is 7.79. The quantitative estimate of drug-likeness (QED) is 0.706. The van der Waals surface area contributed by atoms with E-state index in [0.29, 0.717) is 11.6 Å². The van der Waals surface area contributed by atoms with E-state index in [9.17, 15) is 0 Å². The van der Waals surface area contributed by atoms with E-state index in [0.717, 1.165) is 11.3 Å². The van der Waals surface area contributed by atoms with Crippen molar-refractivity contribution >= 4 is 5.82 Å². The molecule has 13 heavy (non-hydrogen) atoms. The van der Waals surface area contributed by atoms with Gasteiger partial charge in [-0.05, 0) is 6.92 Å². The maximum absolute atomic E-state index is 5.44. The van der Waals surface area contributed by atoms with Gasteiger partial charge in [0.1, 0.15) is 0 Å². The minimum Gasteiger partial charge on any atom is -0.381 e. The van der Waals surface area contributed by atoms with Crippen molar-refractivity contribution in [1.29, 1.82) is 0 Å². The second-order valence-electron chi connectivity index (χ2n) is 2.92. The summed E-state index contributed by atoms with van der Waals surface area (Å²) in [6.07, 6.45) is 1.87. The van der Waals surface area contributed by atoms with E-state index < -0.39 is 0 Å². The normalized spacial score (nSPS) is 10.6. The molecular formula is C8H10N4O. The minimum absolute atomic E-state index is 0.387. The first-order valence-electron chi connectivity index (χ1n) is 3.89. The van der Waals surface area contributed by atoms with Crippen LogP contribution in [0.25, 0.3) is 11.3 Å². The van der Waals surface area contributed by atoms with Crippen molar-refractivity contribution in [3.63, 3.8) is 0 Å². The van der Waals surface area contributed by atoms with E-state index in [-0.39, 0.29) is 0 Å². The fraction of sp³-hybridized carbons (Fsp3) is 0.250. The fourth-order valence-corrected chi connectivity index (χ4v) is 1.26. The number of aromatic nitrogens is 3. The molecule has 0 aromatic carbocycles. The zero-order valence-corrected chi connectivity index (χ0v) is 7.48. The molecule has 0 saturated heterocycles. The first kappa shape index (κ1) is 7.85. The summed E-state index contributed by atoms with van der Waals surface area (Å²) in [7, 11) is 1.86. The van der Waals surface area contributed by atoms with Gasteiger partial charge in [0.25, 0.3) is 0 Å². The topological polar surface area (TPSA) is 69.9 Å². The number of nitrogens with two attached hydrogens (primary N) is 1. The van der Waals surface area contributed by atoms with Gasteiger partial charge in [-0.3, -0.25) is 4.68 Å². The minimum atomic E-state index is 0.387. The maximum atomic E-state index is 5.44. The largest absolute Gasteiger partial charge is 0.381 e. The summed E-state index contributed by atoms with van der Waals surface area (Å²) in [6, 6.07) is 1.68. The molecule has 0 atom stereocenters. The summed E-state index contributed by atoms with van der Waals surface area (Å²) in [5.74, 6) is 1.04. The number of hydrogen-bond acceptors (Lipinski definition) is 4. The van der Waals surface area contributed by atoms with Crippen molar-refractivity contribution in [3.05, 3.63) is 18.0 Å². The van der Waals surface area contributed by atoms with Gasteiger partial charge in [-0.2, -0.15) is 5.10 Å². The van der Waals surface area contributed by atoms with Crippen molar-refractivity contribution in [3.8, 4) is 11.3 Å². The van der Waals surface area contributed by atoms with E-state index >= 15 is 0 Å². The van der Waals surface area contributed by atoms with Crippen molar-refractivity contribution in [2.75, 3.05) is 5.73 Å². The van der Waals surface area contributed by atoms with Gasteiger partial charge in [-0.1, -0.05) is 5.16 Å². The van der Waals surface area contributed by atoms with Crippen molar-refractivity contribution in [2.24, 2.45) is 7.05 Å². The number of aryl methyl sites for hydroxylation is 2. The Balaban J connectivity index is 2.51. The van der Waals surface area contributed by atoms with Gasteiger partial charge in [-0.25, -0.2) is 0 Å². The average molecular weight is 178 g/mol. The molecular weight excluding hydrogens is 168 g/mol. The van der Waals surface area contributed by atoms with Gasteiger partial charge in [0.15, 0.2) is 11.6 Å². The lowest BCUT2D eigenvalue weighted by molar-refractivity contribution is 0.435. The third-order valence-corrected chi connectivity index (χ3v) is 1.81. The smallest absolute Gasteiger partial charge is 0.172 e. The summed E-state index contributed by atoms with van der Waals surface area (Å²) in [5.41, 5.74) is 7.27. The van der Waals surface area contributed by atoms with E-state index in [4.69, 9.17) is 10.3 Å². The molecule has 5 nitrogen and oxygen atoms in total. The van der Waals surface area contributed by atoms with E-state index in [1.165, 1.54) is 0 Å². The van der Waals surface area contributed by atoms with Crippen molar-refractivity contribution in [1.82, 2.24) is 14.9 Å². The standard InChI is InChI=1S/C8H10N4O/c1-5-6(4-12(2)10-5)7-3-8(9)11-13-7/h3-4H,1-2H3,(H2,9,11). The number of rotatable bonds is 1. The van der Waals surface area contributed by atoms with E-state index in [2.05, 4.69) is 10.3 Å². The molecule has 2 N–H and O–H groups in total. The Labute approximate surface area is 75.1 Å². The molecule has 0 aliphatic rings. The van der Waals surface area contributed by atoms with Crippen molar-refractivity contribution < 1.29 is 4.52 Å². The van der Waals surface area contributed by atoms with E-state index in [1.807, 2.05) is 20.2 Å². The molecule has 2 aromatic heterocycles. The third kappa shape index (κ3) is 1.28. The van der Waals surface area contributed by atoms with Gasteiger partial charge in [-0.15, -0.1) is 0 Å². The van der Waals surface area contributed by atoms with Crippen LogP contribution in [0.2, 0.25) is 0 Å². The Bertz CT molecular complexity index is 429. The van der Waals surface area contributed by atoms with Gasteiger partial charge in [0.05, 0.1) is 11.3 Å². The molecule has 2 heterocycles. The highest BCUT2D eigenvalue weighted by Crippen LogP contribution is 2.23. The first-order valence-corrected chi connectivity index (χ1v) is 3.89. The Morgan fingerprint density at radius 2 is 2.31 bits per heavy atom. The lowest BCUT2D eigenvalue weighted by atomic mass is 10.2.